The van der Waals surface area contributed by atoms with E-state index in [1.54, 1.807) is 19.1 Å². The molecule has 0 radical (unpaired) electrons. The SMILES string of the molecule is COc1ccc(C#N)c(C)c1/C=C/C(=O)O. The number of methoxy groups -OCH3 is 1. The van der Waals surface area contributed by atoms with Crippen LogP contribution in [0.1, 0.15) is 16.7 Å². The van der Waals surface area contributed by atoms with Crippen LogP contribution in [0.4, 0.5) is 0 Å². The van der Waals surface area contributed by atoms with Gasteiger partial charge in [-0.25, -0.2) is 4.79 Å². The fourth-order valence-corrected chi connectivity index (χ4v) is 1.36. The first-order chi connectivity index (χ1) is 7.60. The molecular formula is C12H11NO3. The van der Waals surface area contributed by atoms with Crippen molar-refractivity contribution in [1.29, 1.82) is 5.26 Å². The monoisotopic (exact) mass is 217 g/mol. The van der Waals surface area contributed by atoms with Crippen molar-refractivity contribution in [2.45, 2.75) is 6.92 Å². The highest BCUT2D eigenvalue weighted by molar-refractivity contribution is 5.86. The van der Waals surface area contributed by atoms with Crippen molar-refractivity contribution < 1.29 is 14.6 Å². The predicted molar refractivity (Wildman–Crippen MR) is 59.1 cm³/mol. The maximum atomic E-state index is 10.4. The van der Waals surface area contributed by atoms with E-state index in [1.807, 2.05) is 6.07 Å². The lowest BCUT2D eigenvalue weighted by atomic mass is 10.0. The normalized spacial score (nSPS) is 10.1. The quantitative estimate of drug-likeness (QED) is 0.786. The van der Waals surface area contributed by atoms with Crippen LogP contribution in [0.3, 0.4) is 0 Å². The summed E-state index contributed by atoms with van der Waals surface area (Å²) >= 11 is 0. The van der Waals surface area contributed by atoms with Gasteiger partial charge in [-0.3, -0.25) is 0 Å². The molecule has 0 atom stereocenters. The second-order valence-electron chi connectivity index (χ2n) is 3.14. The van der Waals surface area contributed by atoms with Gasteiger partial charge < -0.3 is 9.84 Å². The van der Waals surface area contributed by atoms with Gasteiger partial charge in [-0.1, -0.05) is 0 Å². The Kier molecular flexibility index (Phi) is 3.67. The van der Waals surface area contributed by atoms with Gasteiger partial charge in [0.1, 0.15) is 5.75 Å². The summed E-state index contributed by atoms with van der Waals surface area (Å²) in [6.07, 6.45) is 2.45. The lowest BCUT2D eigenvalue weighted by molar-refractivity contribution is -0.131. The number of hydrogen-bond donors (Lipinski definition) is 1. The average molecular weight is 217 g/mol. The van der Waals surface area contributed by atoms with Crippen LogP contribution in [0.2, 0.25) is 0 Å². The second kappa shape index (κ2) is 4.99. The highest BCUT2D eigenvalue weighted by atomic mass is 16.5. The molecule has 0 amide bonds. The summed E-state index contributed by atoms with van der Waals surface area (Å²) in [6, 6.07) is 5.33. The van der Waals surface area contributed by atoms with E-state index in [2.05, 4.69) is 0 Å². The Morgan fingerprint density at radius 1 is 1.56 bits per heavy atom. The predicted octanol–water partition coefficient (Wildman–Crippen LogP) is 1.97. The van der Waals surface area contributed by atoms with Crippen molar-refractivity contribution in [3.05, 3.63) is 34.9 Å². The Morgan fingerprint density at radius 2 is 2.25 bits per heavy atom. The average Bonchev–Trinajstić information content (AvgIpc) is 2.26. The molecule has 0 heterocycles. The standard InChI is InChI=1S/C12H11NO3/c1-8-9(7-13)3-5-11(16-2)10(8)4-6-12(14)15/h3-6H,1-2H3,(H,14,15)/b6-4+. The largest absolute Gasteiger partial charge is 0.496 e. The molecular weight excluding hydrogens is 206 g/mol. The van der Waals surface area contributed by atoms with Gasteiger partial charge in [0.15, 0.2) is 0 Å². The van der Waals surface area contributed by atoms with Crippen molar-refractivity contribution in [2.24, 2.45) is 0 Å². The molecule has 1 aromatic carbocycles. The first-order valence-electron chi connectivity index (χ1n) is 4.59. The maximum absolute atomic E-state index is 10.4. The molecule has 0 spiro atoms. The highest BCUT2D eigenvalue weighted by Gasteiger charge is 2.08. The highest BCUT2D eigenvalue weighted by Crippen LogP contribution is 2.25. The van der Waals surface area contributed by atoms with Gasteiger partial charge in [0.05, 0.1) is 18.7 Å². The lowest BCUT2D eigenvalue weighted by Gasteiger charge is -2.08. The molecule has 0 unspecified atom stereocenters. The topological polar surface area (TPSA) is 70.3 Å². The van der Waals surface area contributed by atoms with Gasteiger partial charge in [0, 0.05) is 11.6 Å². The third-order valence-corrected chi connectivity index (χ3v) is 2.21. The van der Waals surface area contributed by atoms with Gasteiger partial charge >= 0.3 is 5.97 Å². The van der Waals surface area contributed by atoms with Gasteiger partial charge in [0.2, 0.25) is 0 Å². The van der Waals surface area contributed by atoms with E-state index in [0.29, 0.717) is 22.4 Å². The molecule has 0 saturated carbocycles. The van der Waals surface area contributed by atoms with Crippen LogP contribution in [0.15, 0.2) is 18.2 Å². The van der Waals surface area contributed by atoms with E-state index in [-0.39, 0.29) is 0 Å². The Labute approximate surface area is 93.4 Å². The first kappa shape index (κ1) is 11.8. The minimum atomic E-state index is -1.04. The molecule has 16 heavy (non-hydrogen) atoms. The van der Waals surface area contributed by atoms with Crippen LogP contribution < -0.4 is 4.74 Å². The van der Waals surface area contributed by atoms with Crippen molar-refractivity contribution in [3.63, 3.8) is 0 Å². The number of carboxylic acid groups (broad SMARTS) is 1. The Balaban J connectivity index is 3.33. The van der Waals surface area contributed by atoms with E-state index < -0.39 is 5.97 Å². The number of benzene rings is 1. The molecule has 0 fully saturated rings. The van der Waals surface area contributed by atoms with Gasteiger partial charge in [-0.05, 0) is 30.7 Å². The summed E-state index contributed by atoms with van der Waals surface area (Å²) in [5.74, 6) is -0.488. The Morgan fingerprint density at radius 3 is 2.75 bits per heavy atom. The zero-order valence-electron chi connectivity index (χ0n) is 9.02. The molecule has 0 saturated heterocycles. The van der Waals surface area contributed by atoms with Crippen LogP contribution in [0.5, 0.6) is 5.75 Å². The number of carbonyl (C=O) groups is 1. The van der Waals surface area contributed by atoms with E-state index in [1.165, 1.54) is 13.2 Å². The summed E-state index contributed by atoms with van der Waals surface area (Å²) in [5, 5.41) is 17.4. The Hall–Kier alpha value is -2.28. The van der Waals surface area contributed by atoms with Gasteiger partial charge in [-0.2, -0.15) is 5.26 Å². The molecule has 0 aliphatic heterocycles. The maximum Gasteiger partial charge on any atom is 0.328 e. The fraction of sp³-hybridized carbons (Fsp3) is 0.167. The number of nitriles is 1. The molecule has 0 bridgehead atoms. The molecule has 4 heteroatoms. The van der Waals surface area contributed by atoms with Crippen LogP contribution >= 0.6 is 0 Å². The minimum Gasteiger partial charge on any atom is -0.496 e. The summed E-state index contributed by atoms with van der Waals surface area (Å²) < 4.78 is 5.10. The molecule has 1 rings (SSSR count). The molecule has 0 aliphatic carbocycles. The number of hydrogen-bond acceptors (Lipinski definition) is 3. The Bertz CT molecular complexity index is 484. The smallest absolute Gasteiger partial charge is 0.328 e. The third kappa shape index (κ3) is 2.39. The number of rotatable bonds is 3. The number of carboxylic acids is 1. The van der Waals surface area contributed by atoms with Crippen molar-refractivity contribution in [3.8, 4) is 11.8 Å². The summed E-state index contributed by atoms with van der Waals surface area (Å²) in [6.45, 7) is 1.75. The lowest BCUT2D eigenvalue weighted by Crippen LogP contribution is -1.94. The van der Waals surface area contributed by atoms with Gasteiger partial charge in [-0.15, -0.1) is 0 Å². The number of aliphatic carboxylic acids is 1. The third-order valence-electron chi connectivity index (χ3n) is 2.21. The van der Waals surface area contributed by atoms with Crippen molar-refractivity contribution in [1.82, 2.24) is 0 Å². The molecule has 1 aromatic rings. The van der Waals surface area contributed by atoms with E-state index >= 15 is 0 Å². The van der Waals surface area contributed by atoms with E-state index in [9.17, 15) is 4.79 Å². The number of ether oxygens (including phenoxy) is 1. The van der Waals surface area contributed by atoms with Crippen LogP contribution in [0.25, 0.3) is 6.08 Å². The molecule has 0 aliphatic rings. The molecule has 1 N–H and O–H groups in total. The molecule has 0 aromatic heterocycles. The summed E-state index contributed by atoms with van der Waals surface area (Å²) in [5.41, 5.74) is 1.83. The van der Waals surface area contributed by atoms with E-state index in [4.69, 9.17) is 15.1 Å². The summed E-state index contributed by atoms with van der Waals surface area (Å²) in [4.78, 5) is 10.4. The molecule has 4 nitrogen and oxygen atoms in total. The number of nitrogens with zero attached hydrogens (tertiary/aromatic N) is 1. The van der Waals surface area contributed by atoms with Crippen LogP contribution in [-0.4, -0.2) is 18.2 Å². The zero-order chi connectivity index (χ0) is 12.1. The fourth-order valence-electron chi connectivity index (χ4n) is 1.36. The van der Waals surface area contributed by atoms with Crippen LogP contribution in [-0.2, 0) is 4.79 Å². The van der Waals surface area contributed by atoms with Crippen molar-refractivity contribution >= 4 is 12.0 Å². The summed E-state index contributed by atoms with van der Waals surface area (Å²) in [7, 11) is 1.50. The van der Waals surface area contributed by atoms with Crippen molar-refractivity contribution in [2.75, 3.05) is 7.11 Å². The van der Waals surface area contributed by atoms with E-state index in [0.717, 1.165) is 6.08 Å². The second-order valence-corrected chi connectivity index (χ2v) is 3.14. The zero-order valence-corrected chi connectivity index (χ0v) is 9.02. The minimum absolute atomic E-state index is 0.505. The first-order valence-corrected chi connectivity index (χ1v) is 4.59. The van der Waals surface area contributed by atoms with Gasteiger partial charge in [0.25, 0.3) is 0 Å². The molecule has 82 valence electrons. The van der Waals surface area contributed by atoms with Crippen LogP contribution in [0, 0.1) is 18.3 Å².